The van der Waals surface area contributed by atoms with Crippen molar-refractivity contribution in [2.75, 3.05) is 10.3 Å². The minimum atomic E-state index is -4.81. The number of hydrogen-bond acceptors (Lipinski definition) is 9. The number of nitrogens with zero attached hydrogens (tertiary/aromatic N) is 4. The number of benzene rings is 3. The van der Waals surface area contributed by atoms with E-state index in [2.05, 4.69) is 10.4 Å². The lowest BCUT2D eigenvalue weighted by Crippen LogP contribution is -2.53. The highest BCUT2D eigenvalue weighted by Crippen LogP contribution is 2.65. The van der Waals surface area contributed by atoms with Crippen molar-refractivity contribution in [2.24, 2.45) is 23.7 Å². The number of carbonyl (C=O) groups excluding carboxylic acids is 4. The zero-order chi connectivity index (χ0) is 40.0. The summed E-state index contributed by atoms with van der Waals surface area (Å²) in [5.41, 5.74) is -0.712. The first kappa shape index (κ1) is 37.1. The summed E-state index contributed by atoms with van der Waals surface area (Å²) in [6.45, 7) is 0. The summed E-state index contributed by atoms with van der Waals surface area (Å²) in [4.78, 5) is 73.8. The number of aromatic nitrogens is 1. The average molecular weight is 811 g/mol. The predicted molar refractivity (Wildman–Crippen MR) is 191 cm³/mol. The average Bonchev–Trinajstić information content (AvgIpc) is 3.54. The highest BCUT2D eigenvalue weighted by Gasteiger charge is 2.71. The first-order valence-corrected chi connectivity index (χ1v) is 17.7. The van der Waals surface area contributed by atoms with Crippen molar-refractivity contribution in [3.05, 3.63) is 133 Å². The molecule has 3 heterocycles. The van der Waals surface area contributed by atoms with E-state index >= 15 is 9.18 Å². The summed E-state index contributed by atoms with van der Waals surface area (Å²) in [7, 11) is 0. The molecule has 2 saturated heterocycles. The molecule has 6 unspecified atom stereocenters. The summed E-state index contributed by atoms with van der Waals surface area (Å²) in [6.07, 6.45) is -3.02. The quantitative estimate of drug-likeness (QED) is 0.0667. The molecule has 56 heavy (non-hydrogen) atoms. The summed E-state index contributed by atoms with van der Waals surface area (Å²) in [6, 6.07) is 15.1. The van der Waals surface area contributed by atoms with Crippen molar-refractivity contribution < 1.29 is 46.8 Å². The van der Waals surface area contributed by atoms with E-state index in [0.29, 0.717) is 22.8 Å². The lowest BCUT2D eigenvalue weighted by molar-refractivity contribution is -0.384. The summed E-state index contributed by atoms with van der Waals surface area (Å²) in [5.74, 6) is -11.5. The van der Waals surface area contributed by atoms with E-state index in [-0.39, 0.29) is 40.4 Å². The summed E-state index contributed by atoms with van der Waals surface area (Å²) >= 11 is 12.4. The minimum Gasteiger partial charge on any atom is -0.505 e. The van der Waals surface area contributed by atoms with Gasteiger partial charge >= 0.3 is 6.18 Å². The molecule has 2 aliphatic carbocycles. The molecule has 4 aromatic rings. The van der Waals surface area contributed by atoms with Crippen molar-refractivity contribution in [1.29, 1.82) is 0 Å². The van der Waals surface area contributed by atoms with Crippen molar-refractivity contribution in [2.45, 2.75) is 30.4 Å². The van der Waals surface area contributed by atoms with Crippen molar-refractivity contribution >= 4 is 64.0 Å². The number of amides is 4. The molecule has 12 nitrogen and oxygen atoms in total. The highest BCUT2D eigenvalue weighted by atomic mass is 35.5. The fourth-order valence-electron chi connectivity index (χ4n) is 8.89. The molecule has 0 bridgehead atoms. The SMILES string of the molecule is O=C1C2CC3C(=CCC4C(=O)N(c5cccc([N+](=O)[O-])c5)C(=O)C43)C(c3cccc(F)c3O)C2(c2ccc(Cl)cc2)C(=O)N1Nc1ncc(C(F)(F)F)cc1Cl. The number of phenols is 1. The van der Waals surface area contributed by atoms with Crippen LogP contribution in [0.15, 0.2) is 90.6 Å². The molecule has 4 aliphatic rings. The van der Waals surface area contributed by atoms with E-state index in [9.17, 15) is 42.8 Å². The van der Waals surface area contributed by atoms with Crippen molar-refractivity contribution in [3.63, 3.8) is 0 Å². The Hall–Kier alpha value is -5.87. The number of rotatable bonds is 6. The fraction of sp³-hybridized carbons (Fsp3) is 0.237. The number of para-hydroxylation sites is 1. The smallest absolute Gasteiger partial charge is 0.417 e. The monoisotopic (exact) mass is 809 g/mol. The van der Waals surface area contributed by atoms with Crippen LogP contribution in [-0.4, -0.2) is 43.7 Å². The van der Waals surface area contributed by atoms with Crippen molar-refractivity contribution in [1.82, 2.24) is 9.99 Å². The number of non-ortho nitro benzene ring substituents is 1. The number of alkyl halides is 3. The second-order valence-electron chi connectivity index (χ2n) is 13.9. The Kier molecular flexibility index (Phi) is 8.69. The van der Waals surface area contributed by atoms with Gasteiger partial charge in [0.1, 0.15) is 0 Å². The summed E-state index contributed by atoms with van der Waals surface area (Å²) < 4.78 is 55.7. The normalized spacial score (nSPS) is 25.8. The number of fused-ring (bicyclic) bond motifs is 4. The van der Waals surface area contributed by atoms with Gasteiger partial charge in [-0.1, -0.05) is 65.2 Å². The van der Waals surface area contributed by atoms with Crippen LogP contribution >= 0.6 is 23.2 Å². The Morgan fingerprint density at radius 2 is 1.66 bits per heavy atom. The third-order valence-electron chi connectivity index (χ3n) is 11.2. The summed E-state index contributed by atoms with van der Waals surface area (Å²) in [5, 5.41) is 23.1. The van der Waals surface area contributed by atoms with Gasteiger partial charge in [-0.3, -0.25) is 34.7 Å². The molecule has 1 saturated carbocycles. The van der Waals surface area contributed by atoms with E-state index in [1.165, 1.54) is 54.6 Å². The maximum Gasteiger partial charge on any atom is 0.417 e. The molecule has 8 rings (SSSR count). The molecule has 1 aromatic heterocycles. The molecular weight excluding hydrogens is 785 g/mol. The Labute approximate surface area is 323 Å². The van der Waals surface area contributed by atoms with Crippen LogP contribution in [0, 0.1) is 39.6 Å². The molecule has 286 valence electrons. The first-order chi connectivity index (χ1) is 26.5. The number of nitro groups is 1. The Balaban J connectivity index is 1.31. The number of aromatic hydroxyl groups is 1. The third-order valence-corrected chi connectivity index (χ3v) is 11.7. The molecule has 3 fully saturated rings. The van der Waals surface area contributed by atoms with Gasteiger partial charge in [-0.05, 0) is 54.7 Å². The number of nitro benzene ring substituents is 1. The number of anilines is 2. The topological polar surface area (TPSA) is 163 Å². The number of pyridine rings is 1. The first-order valence-electron chi connectivity index (χ1n) is 17.0. The lowest BCUT2D eigenvalue weighted by Gasteiger charge is -2.50. The van der Waals surface area contributed by atoms with Gasteiger partial charge in [0.15, 0.2) is 17.4 Å². The van der Waals surface area contributed by atoms with Gasteiger partial charge in [0.2, 0.25) is 11.8 Å². The Morgan fingerprint density at radius 1 is 0.946 bits per heavy atom. The van der Waals surface area contributed by atoms with E-state index in [0.717, 1.165) is 17.0 Å². The van der Waals surface area contributed by atoms with Crippen LogP contribution in [0.3, 0.4) is 0 Å². The molecule has 4 amide bonds. The van der Waals surface area contributed by atoms with E-state index < -0.39 is 97.7 Å². The number of allylic oxidation sites excluding steroid dienone is 2. The standard InChI is InChI=1S/C38H25Cl2F4N5O7/c39-19-9-7-17(8-10-19)37-26(34(52)48(36(37)54)46-32-27(40)13-18(16-45-32)38(42,43)44)15-25-22(30(37)24-5-2-6-28(41)31(24)50)11-12-23-29(25)35(53)47(33(23)51)20-3-1-4-21(14-20)49(55)56/h1-11,13-14,16,23,25-26,29-30,50H,12,15H2,(H,45,46). The lowest BCUT2D eigenvalue weighted by atomic mass is 9.49. The number of hydrazine groups is 1. The number of hydrogen-bond donors (Lipinski definition) is 2. The number of imide groups is 2. The second-order valence-corrected chi connectivity index (χ2v) is 14.7. The molecule has 0 spiro atoms. The van der Waals surface area contributed by atoms with E-state index in [1.54, 1.807) is 6.08 Å². The molecule has 3 aromatic carbocycles. The molecule has 0 radical (unpaired) electrons. The number of phenolic OH excluding ortho intramolecular Hbond substituents is 1. The second kappa shape index (κ2) is 13.1. The van der Waals surface area contributed by atoms with Crippen LogP contribution in [0.5, 0.6) is 5.75 Å². The Bertz CT molecular complexity index is 2430. The van der Waals surface area contributed by atoms with Crippen LogP contribution in [0.2, 0.25) is 10.0 Å². The zero-order valence-corrected chi connectivity index (χ0v) is 29.8. The van der Waals surface area contributed by atoms with E-state index in [4.69, 9.17) is 23.2 Å². The minimum absolute atomic E-state index is 0.0424. The van der Waals surface area contributed by atoms with Crippen LogP contribution in [0.1, 0.15) is 35.4 Å². The van der Waals surface area contributed by atoms with Gasteiger partial charge in [-0.2, -0.15) is 18.2 Å². The number of halogens is 6. The Morgan fingerprint density at radius 3 is 2.34 bits per heavy atom. The van der Waals surface area contributed by atoms with Gasteiger partial charge in [0.05, 0.1) is 44.4 Å². The third kappa shape index (κ3) is 5.44. The largest absolute Gasteiger partial charge is 0.505 e. The van der Waals surface area contributed by atoms with Gasteiger partial charge in [0.25, 0.3) is 17.5 Å². The fourth-order valence-corrected chi connectivity index (χ4v) is 9.23. The number of nitrogens with one attached hydrogen (secondary N) is 1. The van der Waals surface area contributed by atoms with Gasteiger partial charge in [0, 0.05) is 34.8 Å². The van der Waals surface area contributed by atoms with Gasteiger partial charge in [-0.15, -0.1) is 0 Å². The number of carbonyl (C=O) groups is 4. The maximum atomic E-state index is 15.3. The molecule has 2 N–H and O–H groups in total. The van der Waals surface area contributed by atoms with E-state index in [1.807, 2.05) is 0 Å². The predicted octanol–water partition coefficient (Wildman–Crippen LogP) is 7.35. The van der Waals surface area contributed by atoms with Gasteiger partial charge < -0.3 is 5.11 Å². The highest BCUT2D eigenvalue weighted by molar-refractivity contribution is 6.33. The van der Waals surface area contributed by atoms with Gasteiger partial charge in [-0.25, -0.2) is 14.3 Å². The van der Waals surface area contributed by atoms with Crippen LogP contribution in [-0.2, 0) is 30.8 Å². The zero-order valence-electron chi connectivity index (χ0n) is 28.3. The van der Waals surface area contributed by atoms with Crippen molar-refractivity contribution in [3.8, 4) is 5.75 Å². The van der Waals surface area contributed by atoms with Crippen LogP contribution in [0.4, 0.5) is 34.8 Å². The molecule has 2 aliphatic heterocycles. The molecule has 6 atom stereocenters. The molecule has 18 heteroatoms. The van der Waals surface area contributed by atoms with Crippen LogP contribution in [0.25, 0.3) is 0 Å². The molecular formula is C38H25Cl2F4N5O7. The van der Waals surface area contributed by atoms with Crippen LogP contribution < -0.4 is 10.3 Å². The maximum absolute atomic E-state index is 15.3.